The molecule has 0 aromatic heterocycles. The van der Waals surface area contributed by atoms with Crippen molar-refractivity contribution in [3.8, 4) is 5.75 Å². The predicted octanol–water partition coefficient (Wildman–Crippen LogP) is 3.83. The minimum atomic E-state index is -4.57. The van der Waals surface area contributed by atoms with Crippen LogP contribution in [0.2, 0.25) is 0 Å². The van der Waals surface area contributed by atoms with Crippen LogP contribution in [0.15, 0.2) is 53.4 Å². The van der Waals surface area contributed by atoms with Crippen molar-refractivity contribution in [1.82, 2.24) is 9.21 Å². The van der Waals surface area contributed by atoms with Crippen LogP contribution in [0.5, 0.6) is 5.75 Å². The molecule has 2 aromatic carbocycles. The number of nitrogens with zero attached hydrogens (tertiary/aromatic N) is 2. The number of hydrogen-bond donors (Lipinski definition) is 0. The molecule has 1 aliphatic heterocycles. The van der Waals surface area contributed by atoms with E-state index < -0.39 is 40.4 Å². The van der Waals surface area contributed by atoms with Crippen LogP contribution in [0.4, 0.5) is 17.6 Å². The predicted molar refractivity (Wildman–Crippen MR) is 112 cm³/mol. The third-order valence-electron chi connectivity index (χ3n) is 5.47. The Labute approximate surface area is 189 Å². The highest BCUT2D eigenvalue weighted by Gasteiger charge is 2.38. The van der Waals surface area contributed by atoms with E-state index in [1.54, 1.807) is 24.3 Å². The maximum Gasteiger partial charge on any atom is 0.406 e. The molecule has 0 N–H and O–H groups in total. The molecule has 0 radical (unpaired) electrons. The van der Waals surface area contributed by atoms with E-state index in [0.717, 1.165) is 29.2 Å². The number of sulfonamides is 1. The first-order valence-electron chi connectivity index (χ1n) is 10.2. The fraction of sp³-hybridized carbons (Fsp3) is 0.409. The van der Waals surface area contributed by atoms with E-state index >= 15 is 0 Å². The molecular weight excluding hydrogens is 464 g/mol. The second-order valence-corrected chi connectivity index (χ2v) is 9.73. The van der Waals surface area contributed by atoms with Crippen LogP contribution in [0, 0.1) is 11.7 Å². The molecule has 0 spiro atoms. The number of halogens is 4. The third kappa shape index (κ3) is 6.44. The van der Waals surface area contributed by atoms with Gasteiger partial charge in [-0.1, -0.05) is 12.1 Å². The number of rotatable bonds is 7. The van der Waals surface area contributed by atoms with Crippen molar-refractivity contribution in [2.24, 2.45) is 5.92 Å². The van der Waals surface area contributed by atoms with Gasteiger partial charge in [0, 0.05) is 25.6 Å². The first-order chi connectivity index (χ1) is 15.5. The van der Waals surface area contributed by atoms with Crippen LogP contribution >= 0.6 is 0 Å². The number of hydrogen-bond acceptors (Lipinski definition) is 4. The van der Waals surface area contributed by atoms with Gasteiger partial charge in [-0.2, -0.15) is 17.5 Å². The summed E-state index contributed by atoms with van der Waals surface area (Å²) in [6.45, 7) is -1.65. The minimum absolute atomic E-state index is 0.0154. The molecule has 0 saturated carbocycles. The lowest BCUT2D eigenvalue weighted by molar-refractivity contribution is -0.165. The average Bonchev–Trinajstić information content (AvgIpc) is 2.78. The maximum absolute atomic E-state index is 13.2. The molecule has 1 heterocycles. The molecule has 1 fully saturated rings. The maximum atomic E-state index is 13.2. The zero-order chi connectivity index (χ0) is 24.2. The van der Waals surface area contributed by atoms with Crippen LogP contribution in [-0.2, 0) is 21.4 Å². The summed E-state index contributed by atoms with van der Waals surface area (Å²) in [6.07, 6.45) is -4.39. The second-order valence-electron chi connectivity index (χ2n) is 7.79. The van der Waals surface area contributed by atoms with Crippen molar-refractivity contribution >= 4 is 15.9 Å². The number of ether oxygens (including phenoxy) is 1. The molecule has 180 valence electrons. The molecule has 0 bridgehead atoms. The smallest absolute Gasteiger partial charge is 0.406 e. The molecule has 33 heavy (non-hydrogen) atoms. The standard InChI is InChI=1S/C22H24F4N2O4S/c1-32-19-6-2-16(3-7-19)14-27(15-22(24,25)26)21(29)17-10-12-28(13-11-17)33(30,31)20-8-4-18(23)5-9-20/h2-9,17H,10-15H2,1H3. The monoisotopic (exact) mass is 488 g/mol. The van der Waals surface area contributed by atoms with E-state index in [-0.39, 0.29) is 37.4 Å². The molecule has 0 atom stereocenters. The Morgan fingerprint density at radius 3 is 2.15 bits per heavy atom. The summed E-state index contributed by atoms with van der Waals surface area (Å²) in [6, 6.07) is 10.8. The van der Waals surface area contributed by atoms with Crippen LogP contribution in [0.3, 0.4) is 0 Å². The number of amides is 1. The number of benzene rings is 2. The van der Waals surface area contributed by atoms with Gasteiger partial charge in [-0.05, 0) is 54.8 Å². The quantitative estimate of drug-likeness (QED) is 0.556. The zero-order valence-electron chi connectivity index (χ0n) is 17.9. The molecule has 3 rings (SSSR count). The van der Waals surface area contributed by atoms with Crippen LogP contribution < -0.4 is 4.74 Å². The fourth-order valence-corrected chi connectivity index (χ4v) is 5.21. The van der Waals surface area contributed by atoms with Gasteiger partial charge in [-0.25, -0.2) is 12.8 Å². The lowest BCUT2D eigenvalue weighted by Gasteiger charge is -2.34. The Morgan fingerprint density at radius 1 is 1.06 bits per heavy atom. The van der Waals surface area contributed by atoms with Crippen molar-refractivity contribution in [3.05, 3.63) is 59.9 Å². The molecule has 6 nitrogen and oxygen atoms in total. The molecule has 2 aromatic rings. The number of alkyl halides is 3. The first kappa shape index (κ1) is 25.0. The summed E-state index contributed by atoms with van der Waals surface area (Å²) in [5.74, 6) is -1.42. The molecule has 1 saturated heterocycles. The van der Waals surface area contributed by atoms with E-state index in [1.807, 2.05) is 0 Å². The highest BCUT2D eigenvalue weighted by Crippen LogP contribution is 2.28. The first-order valence-corrected chi connectivity index (χ1v) is 11.7. The van der Waals surface area contributed by atoms with Gasteiger partial charge in [0.05, 0.1) is 12.0 Å². The van der Waals surface area contributed by atoms with Gasteiger partial charge >= 0.3 is 6.18 Å². The van der Waals surface area contributed by atoms with Crippen molar-refractivity contribution in [1.29, 1.82) is 0 Å². The SMILES string of the molecule is COc1ccc(CN(CC(F)(F)F)C(=O)C2CCN(S(=O)(=O)c3ccc(F)cc3)CC2)cc1. The number of piperidine rings is 1. The molecule has 0 aliphatic carbocycles. The van der Waals surface area contributed by atoms with Gasteiger partial charge in [-0.3, -0.25) is 4.79 Å². The van der Waals surface area contributed by atoms with Crippen molar-refractivity contribution in [2.75, 3.05) is 26.7 Å². The Morgan fingerprint density at radius 2 is 1.64 bits per heavy atom. The number of carbonyl (C=O) groups is 1. The lowest BCUT2D eigenvalue weighted by Crippen LogP contribution is -2.46. The Bertz CT molecular complexity index is 1050. The van der Waals surface area contributed by atoms with Crippen LogP contribution in [0.25, 0.3) is 0 Å². The van der Waals surface area contributed by atoms with Crippen LogP contribution in [0.1, 0.15) is 18.4 Å². The van der Waals surface area contributed by atoms with Gasteiger partial charge in [0.15, 0.2) is 0 Å². The average molecular weight is 489 g/mol. The van der Waals surface area contributed by atoms with E-state index in [2.05, 4.69) is 0 Å². The van der Waals surface area contributed by atoms with Gasteiger partial charge in [0.1, 0.15) is 18.1 Å². The Kier molecular flexibility index (Phi) is 7.63. The fourth-order valence-electron chi connectivity index (χ4n) is 3.74. The van der Waals surface area contributed by atoms with Gasteiger partial charge in [0.25, 0.3) is 0 Å². The van der Waals surface area contributed by atoms with Crippen LogP contribution in [-0.4, -0.2) is 56.5 Å². The van der Waals surface area contributed by atoms with E-state index in [0.29, 0.717) is 11.3 Å². The molecule has 1 amide bonds. The summed E-state index contributed by atoms with van der Waals surface area (Å²) in [5.41, 5.74) is 0.518. The lowest BCUT2D eigenvalue weighted by atomic mass is 9.96. The summed E-state index contributed by atoms with van der Waals surface area (Å²) < 4.78 is 84.3. The highest BCUT2D eigenvalue weighted by atomic mass is 32.2. The largest absolute Gasteiger partial charge is 0.497 e. The summed E-state index contributed by atoms with van der Waals surface area (Å²) >= 11 is 0. The summed E-state index contributed by atoms with van der Waals surface area (Å²) in [4.78, 5) is 13.6. The van der Waals surface area contributed by atoms with Gasteiger partial charge in [0.2, 0.25) is 15.9 Å². The normalized spacial score (nSPS) is 15.9. The van der Waals surface area contributed by atoms with Gasteiger partial charge in [-0.15, -0.1) is 0 Å². The van der Waals surface area contributed by atoms with E-state index in [4.69, 9.17) is 4.74 Å². The summed E-state index contributed by atoms with van der Waals surface area (Å²) in [5, 5.41) is 0. The van der Waals surface area contributed by atoms with E-state index in [1.165, 1.54) is 11.4 Å². The van der Waals surface area contributed by atoms with Crippen molar-refractivity contribution in [3.63, 3.8) is 0 Å². The van der Waals surface area contributed by atoms with Gasteiger partial charge < -0.3 is 9.64 Å². The second kappa shape index (κ2) is 10.1. The minimum Gasteiger partial charge on any atom is -0.497 e. The number of carbonyl (C=O) groups excluding carboxylic acids is 1. The Hall–Kier alpha value is -2.66. The molecule has 1 aliphatic rings. The highest BCUT2D eigenvalue weighted by molar-refractivity contribution is 7.89. The summed E-state index contributed by atoms with van der Waals surface area (Å²) in [7, 11) is -2.41. The van der Waals surface area contributed by atoms with E-state index in [9.17, 15) is 30.8 Å². The zero-order valence-corrected chi connectivity index (χ0v) is 18.7. The third-order valence-corrected chi connectivity index (χ3v) is 7.38. The molecular formula is C22H24F4N2O4S. The molecule has 11 heteroatoms. The topological polar surface area (TPSA) is 66.9 Å². The number of methoxy groups -OCH3 is 1. The van der Waals surface area contributed by atoms with Crippen molar-refractivity contribution in [2.45, 2.75) is 30.5 Å². The molecule has 0 unspecified atom stereocenters. The Balaban J connectivity index is 1.69. The van der Waals surface area contributed by atoms with Crippen molar-refractivity contribution < 1.29 is 35.5 Å².